The van der Waals surface area contributed by atoms with E-state index in [2.05, 4.69) is 33.1 Å². The topological polar surface area (TPSA) is 38.0 Å². The van der Waals surface area contributed by atoms with Gasteiger partial charge < -0.3 is 11.1 Å². The minimum Gasteiger partial charge on any atom is -0.330 e. The van der Waals surface area contributed by atoms with Gasteiger partial charge in [-0.3, -0.25) is 0 Å². The van der Waals surface area contributed by atoms with Crippen molar-refractivity contribution in [2.45, 2.75) is 46.1 Å². The fourth-order valence-corrected chi connectivity index (χ4v) is 2.90. The molecule has 1 unspecified atom stereocenters. The maximum Gasteiger partial charge on any atom is 0.0181 e. The van der Waals surface area contributed by atoms with Gasteiger partial charge in [-0.25, -0.2) is 0 Å². The zero-order valence-electron chi connectivity index (χ0n) is 9.48. The molecule has 1 atom stereocenters. The highest BCUT2D eigenvalue weighted by atomic mass is 14.9. The highest BCUT2D eigenvalue weighted by Crippen LogP contribution is 2.47. The van der Waals surface area contributed by atoms with E-state index in [0.717, 1.165) is 6.54 Å². The molecule has 0 heterocycles. The fourth-order valence-electron chi connectivity index (χ4n) is 2.90. The van der Waals surface area contributed by atoms with Crippen LogP contribution in [-0.2, 0) is 0 Å². The molecule has 0 bridgehead atoms. The Morgan fingerprint density at radius 3 is 2.00 bits per heavy atom. The van der Waals surface area contributed by atoms with Gasteiger partial charge in [0.1, 0.15) is 0 Å². The SMILES string of the molecule is CNC(C(C)(C)C)C1(CN)CCC1. The van der Waals surface area contributed by atoms with Gasteiger partial charge in [-0.1, -0.05) is 27.2 Å². The predicted octanol–water partition coefficient (Wildman–Crippen LogP) is 1.75. The molecule has 0 radical (unpaired) electrons. The molecule has 2 heteroatoms. The van der Waals surface area contributed by atoms with Crippen molar-refractivity contribution in [3.05, 3.63) is 0 Å². The number of nitrogens with two attached hydrogens (primary N) is 1. The molecular formula is C11H24N2. The Labute approximate surface area is 82.3 Å². The summed E-state index contributed by atoms with van der Waals surface area (Å²) in [6.45, 7) is 7.72. The summed E-state index contributed by atoms with van der Waals surface area (Å²) in [5.41, 5.74) is 6.60. The third-order valence-corrected chi connectivity index (χ3v) is 3.52. The average Bonchev–Trinajstić information content (AvgIpc) is 1.93. The van der Waals surface area contributed by atoms with Crippen LogP contribution in [0.2, 0.25) is 0 Å². The van der Waals surface area contributed by atoms with Crippen LogP contribution in [0.4, 0.5) is 0 Å². The second kappa shape index (κ2) is 3.58. The van der Waals surface area contributed by atoms with E-state index in [1.807, 2.05) is 0 Å². The van der Waals surface area contributed by atoms with Gasteiger partial charge in [-0.05, 0) is 37.3 Å². The van der Waals surface area contributed by atoms with Gasteiger partial charge >= 0.3 is 0 Å². The van der Waals surface area contributed by atoms with Crippen LogP contribution in [0.5, 0.6) is 0 Å². The first-order valence-corrected chi connectivity index (χ1v) is 5.33. The zero-order valence-corrected chi connectivity index (χ0v) is 9.48. The number of hydrogen-bond acceptors (Lipinski definition) is 2. The lowest BCUT2D eigenvalue weighted by Crippen LogP contribution is -2.58. The largest absolute Gasteiger partial charge is 0.330 e. The molecule has 0 aromatic rings. The van der Waals surface area contributed by atoms with Crippen molar-refractivity contribution in [3.63, 3.8) is 0 Å². The zero-order chi connectivity index (χ0) is 10.1. The summed E-state index contributed by atoms with van der Waals surface area (Å²) in [6, 6.07) is 0.554. The summed E-state index contributed by atoms with van der Waals surface area (Å²) >= 11 is 0. The summed E-state index contributed by atoms with van der Waals surface area (Å²) in [6.07, 6.45) is 3.95. The van der Waals surface area contributed by atoms with Crippen molar-refractivity contribution in [3.8, 4) is 0 Å². The van der Waals surface area contributed by atoms with E-state index in [1.165, 1.54) is 19.3 Å². The Balaban J connectivity index is 2.75. The van der Waals surface area contributed by atoms with E-state index in [9.17, 15) is 0 Å². The van der Waals surface area contributed by atoms with Gasteiger partial charge in [0, 0.05) is 6.04 Å². The second-order valence-corrected chi connectivity index (χ2v) is 5.51. The summed E-state index contributed by atoms with van der Waals surface area (Å²) in [7, 11) is 2.06. The van der Waals surface area contributed by atoms with Gasteiger partial charge in [0.2, 0.25) is 0 Å². The van der Waals surface area contributed by atoms with Crippen LogP contribution in [0.3, 0.4) is 0 Å². The van der Waals surface area contributed by atoms with Crippen LogP contribution >= 0.6 is 0 Å². The van der Waals surface area contributed by atoms with Gasteiger partial charge in [0.15, 0.2) is 0 Å². The number of hydrogen-bond donors (Lipinski definition) is 2. The monoisotopic (exact) mass is 184 g/mol. The Hall–Kier alpha value is -0.0800. The molecule has 2 nitrogen and oxygen atoms in total. The molecule has 1 aliphatic rings. The Bertz CT molecular complexity index is 160. The van der Waals surface area contributed by atoms with Crippen molar-refractivity contribution >= 4 is 0 Å². The van der Waals surface area contributed by atoms with Crippen LogP contribution in [0.1, 0.15) is 40.0 Å². The molecule has 1 aliphatic carbocycles. The Morgan fingerprint density at radius 2 is 1.92 bits per heavy atom. The van der Waals surface area contributed by atoms with E-state index in [4.69, 9.17) is 5.73 Å². The maximum atomic E-state index is 5.90. The van der Waals surface area contributed by atoms with Crippen molar-refractivity contribution in [2.75, 3.05) is 13.6 Å². The molecule has 3 N–H and O–H groups in total. The van der Waals surface area contributed by atoms with Crippen LogP contribution in [0, 0.1) is 10.8 Å². The lowest BCUT2D eigenvalue weighted by atomic mass is 9.58. The third kappa shape index (κ3) is 1.89. The molecule has 1 rings (SSSR count). The normalized spacial score (nSPS) is 23.8. The van der Waals surface area contributed by atoms with E-state index < -0.39 is 0 Å². The second-order valence-electron chi connectivity index (χ2n) is 5.51. The predicted molar refractivity (Wildman–Crippen MR) is 57.6 cm³/mol. The first-order valence-electron chi connectivity index (χ1n) is 5.33. The fraction of sp³-hybridized carbons (Fsp3) is 1.00. The van der Waals surface area contributed by atoms with Crippen molar-refractivity contribution in [2.24, 2.45) is 16.6 Å². The summed E-state index contributed by atoms with van der Waals surface area (Å²) in [4.78, 5) is 0. The minimum absolute atomic E-state index is 0.314. The van der Waals surface area contributed by atoms with Crippen molar-refractivity contribution < 1.29 is 0 Å². The molecule has 0 aromatic heterocycles. The molecule has 1 fully saturated rings. The van der Waals surface area contributed by atoms with Gasteiger partial charge in [0.05, 0.1) is 0 Å². The molecular weight excluding hydrogens is 160 g/mol. The lowest BCUT2D eigenvalue weighted by molar-refractivity contribution is 0.0291. The van der Waals surface area contributed by atoms with Crippen LogP contribution < -0.4 is 11.1 Å². The van der Waals surface area contributed by atoms with Crippen LogP contribution in [0.15, 0.2) is 0 Å². The highest BCUT2D eigenvalue weighted by molar-refractivity contribution is 5.02. The number of nitrogens with one attached hydrogen (secondary N) is 1. The first kappa shape index (κ1) is 11.0. The number of rotatable bonds is 3. The van der Waals surface area contributed by atoms with E-state index >= 15 is 0 Å². The summed E-state index contributed by atoms with van der Waals surface area (Å²) < 4.78 is 0. The molecule has 0 aliphatic heterocycles. The van der Waals surface area contributed by atoms with Gasteiger partial charge in [-0.15, -0.1) is 0 Å². The standard InChI is InChI=1S/C11H24N2/c1-10(2,3)9(13-4)11(8-12)6-5-7-11/h9,13H,5-8,12H2,1-4H3. The smallest absolute Gasteiger partial charge is 0.0181 e. The Morgan fingerprint density at radius 1 is 1.38 bits per heavy atom. The van der Waals surface area contributed by atoms with Gasteiger partial charge in [0.25, 0.3) is 0 Å². The average molecular weight is 184 g/mol. The lowest BCUT2D eigenvalue weighted by Gasteiger charge is -2.52. The minimum atomic E-state index is 0.314. The van der Waals surface area contributed by atoms with E-state index in [0.29, 0.717) is 16.9 Å². The first-order chi connectivity index (χ1) is 5.96. The van der Waals surface area contributed by atoms with Crippen LogP contribution in [-0.4, -0.2) is 19.6 Å². The molecule has 0 amide bonds. The molecule has 0 spiro atoms. The third-order valence-electron chi connectivity index (χ3n) is 3.52. The van der Waals surface area contributed by atoms with Crippen molar-refractivity contribution in [1.29, 1.82) is 0 Å². The van der Waals surface area contributed by atoms with Crippen LogP contribution in [0.25, 0.3) is 0 Å². The van der Waals surface area contributed by atoms with E-state index in [-0.39, 0.29) is 0 Å². The highest BCUT2D eigenvalue weighted by Gasteiger charge is 2.46. The summed E-state index contributed by atoms with van der Waals surface area (Å²) in [5.74, 6) is 0. The molecule has 0 saturated heterocycles. The molecule has 13 heavy (non-hydrogen) atoms. The molecule has 0 aromatic carbocycles. The van der Waals surface area contributed by atoms with Crippen molar-refractivity contribution in [1.82, 2.24) is 5.32 Å². The quantitative estimate of drug-likeness (QED) is 0.701. The molecule has 1 saturated carbocycles. The summed E-state index contributed by atoms with van der Waals surface area (Å²) in [5, 5.41) is 3.46. The Kier molecular flexibility index (Phi) is 3.03. The molecule has 78 valence electrons. The van der Waals surface area contributed by atoms with E-state index in [1.54, 1.807) is 0 Å². The van der Waals surface area contributed by atoms with Gasteiger partial charge in [-0.2, -0.15) is 0 Å². The maximum absolute atomic E-state index is 5.90.